The zero-order valence-electron chi connectivity index (χ0n) is 23.6. The van der Waals surface area contributed by atoms with E-state index in [2.05, 4.69) is 10.6 Å². The van der Waals surface area contributed by atoms with Gasteiger partial charge in [0.25, 0.3) is 5.91 Å². The molecule has 0 aromatic heterocycles. The number of alkyl carbamates (subject to hydrolysis) is 1. The maximum Gasteiger partial charge on any atom is 0.408 e. The normalized spacial score (nSPS) is 14.8. The Hall–Kier alpha value is -3.00. The van der Waals surface area contributed by atoms with Gasteiger partial charge in [-0.15, -0.1) is 0 Å². The number of carbonyl (C=O) groups is 3. The van der Waals surface area contributed by atoms with Gasteiger partial charge in [-0.1, -0.05) is 36.4 Å². The molecule has 3 amide bonds. The van der Waals surface area contributed by atoms with Crippen molar-refractivity contribution in [2.24, 2.45) is 0 Å². The first kappa shape index (κ1) is 29.6. The molecular formula is C30H41N3O4S. The molecule has 206 valence electrons. The maximum absolute atomic E-state index is 14.3. The highest BCUT2D eigenvalue weighted by atomic mass is 32.2. The third-order valence-corrected chi connectivity index (χ3v) is 7.18. The molecular weight excluding hydrogens is 498 g/mol. The second-order valence-electron chi connectivity index (χ2n) is 11.0. The summed E-state index contributed by atoms with van der Waals surface area (Å²) in [6, 6.07) is 11.8. The quantitative estimate of drug-likeness (QED) is 0.391. The fourth-order valence-electron chi connectivity index (χ4n) is 4.56. The third-order valence-electron chi connectivity index (χ3n) is 6.54. The molecule has 1 aliphatic carbocycles. The van der Waals surface area contributed by atoms with E-state index in [0.717, 1.165) is 35.1 Å². The SMILES string of the molecule is CSCCC(NC(=O)OC(C)(C)C)C(=O)N(C1CC1)C(C(=O)Nc1ccccc1C)c1c(C)cccc1C. The Kier molecular flexibility index (Phi) is 9.88. The topological polar surface area (TPSA) is 87.7 Å². The number of hydrogen-bond donors (Lipinski definition) is 2. The van der Waals surface area contributed by atoms with Crippen molar-refractivity contribution in [3.05, 3.63) is 64.7 Å². The number of nitrogens with one attached hydrogen (secondary N) is 2. The van der Waals surface area contributed by atoms with Gasteiger partial charge in [0.05, 0.1) is 0 Å². The lowest BCUT2D eigenvalue weighted by molar-refractivity contribution is -0.141. The summed E-state index contributed by atoms with van der Waals surface area (Å²) in [5.74, 6) is 0.145. The van der Waals surface area contributed by atoms with Crippen LogP contribution in [0.25, 0.3) is 0 Å². The van der Waals surface area contributed by atoms with Gasteiger partial charge in [0.15, 0.2) is 0 Å². The molecule has 7 nitrogen and oxygen atoms in total. The molecule has 38 heavy (non-hydrogen) atoms. The molecule has 1 fully saturated rings. The van der Waals surface area contributed by atoms with Gasteiger partial charge in [0, 0.05) is 11.7 Å². The predicted octanol–water partition coefficient (Wildman–Crippen LogP) is 5.93. The van der Waals surface area contributed by atoms with Crippen molar-refractivity contribution in [3.63, 3.8) is 0 Å². The van der Waals surface area contributed by atoms with Crippen molar-refractivity contribution in [1.29, 1.82) is 0 Å². The first-order valence-electron chi connectivity index (χ1n) is 13.2. The number of aryl methyl sites for hydroxylation is 3. The second kappa shape index (κ2) is 12.7. The van der Waals surface area contributed by atoms with E-state index in [1.54, 1.807) is 37.4 Å². The number of thioether (sulfide) groups is 1. The zero-order chi connectivity index (χ0) is 28.0. The molecule has 2 aromatic rings. The molecule has 0 bridgehead atoms. The lowest BCUT2D eigenvalue weighted by atomic mass is 9.93. The molecule has 2 aromatic carbocycles. The molecule has 2 atom stereocenters. The summed E-state index contributed by atoms with van der Waals surface area (Å²) in [4.78, 5) is 42.8. The van der Waals surface area contributed by atoms with E-state index in [4.69, 9.17) is 4.74 Å². The van der Waals surface area contributed by atoms with Crippen LogP contribution in [0.1, 0.15) is 68.3 Å². The van der Waals surface area contributed by atoms with E-state index in [0.29, 0.717) is 17.9 Å². The Morgan fingerprint density at radius 1 is 1.00 bits per heavy atom. The van der Waals surface area contributed by atoms with E-state index in [1.807, 2.05) is 69.5 Å². The highest BCUT2D eigenvalue weighted by Gasteiger charge is 2.44. The van der Waals surface area contributed by atoms with Crippen LogP contribution in [0.15, 0.2) is 42.5 Å². The van der Waals surface area contributed by atoms with Crippen molar-refractivity contribution >= 4 is 35.4 Å². The van der Waals surface area contributed by atoms with Gasteiger partial charge >= 0.3 is 6.09 Å². The number of rotatable bonds is 10. The van der Waals surface area contributed by atoms with Gasteiger partial charge in [-0.3, -0.25) is 9.59 Å². The molecule has 3 rings (SSSR count). The smallest absolute Gasteiger partial charge is 0.408 e. The molecule has 0 heterocycles. The highest BCUT2D eigenvalue weighted by molar-refractivity contribution is 7.98. The third kappa shape index (κ3) is 7.76. The fraction of sp³-hybridized carbons (Fsp3) is 0.500. The Balaban J connectivity index is 2.03. The molecule has 1 aliphatic rings. The Labute approximate surface area is 231 Å². The zero-order valence-corrected chi connectivity index (χ0v) is 24.4. The van der Waals surface area contributed by atoms with E-state index in [1.165, 1.54) is 0 Å². The van der Waals surface area contributed by atoms with Gasteiger partial charge < -0.3 is 20.3 Å². The Morgan fingerprint density at radius 3 is 2.16 bits per heavy atom. The summed E-state index contributed by atoms with van der Waals surface area (Å²) in [5.41, 5.74) is 3.65. The maximum atomic E-state index is 14.3. The fourth-order valence-corrected chi connectivity index (χ4v) is 5.03. The van der Waals surface area contributed by atoms with E-state index in [-0.39, 0.29) is 17.9 Å². The van der Waals surface area contributed by atoms with Gasteiger partial charge in [-0.25, -0.2) is 4.79 Å². The molecule has 0 spiro atoms. The van der Waals surface area contributed by atoms with Crippen LogP contribution in [0.3, 0.4) is 0 Å². The number of carbonyl (C=O) groups excluding carboxylic acids is 3. The Bertz CT molecular complexity index is 1140. The second-order valence-corrected chi connectivity index (χ2v) is 12.0. The van der Waals surface area contributed by atoms with Gasteiger partial charge in [0.2, 0.25) is 5.91 Å². The molecule has 0 saturated heterocycles. The number of anilines is 1. The number of amides is 3. The molecule has 2 unspecified atom stereocenters. The van der Waals surface area contributed by atoms with E-state index >= 15 is 0 Å². The largest absolute Gasteiger partial charge is 0.444 e. The summed E-state index contributed by atoms with van der Waals surface area (Å²) >= 11 is 1.60. The van der Waals surface area contributed by atoms with Crippen molar-refractivity contribution in [3.8, 4) is 0 Å². The van der Waals surface area contributed by atoms with Crippen LogP contribution in [-0.4, -0.2) is 52.5 Å². The van der Waals surface area contributed by atoms with Crippen LogP contribution >= 0.6 is 11.8 Å². The minimum Gasteiger partial charge on any atom is -0.444 e. The van der Waals surface area contributed by atoms with Crippen molar-refractivity contribution < 1.29 is 19.1 Å². The average molecular weight is 540 g/mol. The average Bonchev–Trinajstić information content (AvgIpc) is 3.66. The summed E-state index contributed by atoms with van der Waals surface area (Å²) in [5, 5.41) is 5.89. The minimum atomic E-state index is -0.840. The first-order valence-corrected chi connectivity index (χ1v) is 14.6. The molecule has 2 N–H and O–H groups in total. The van der Waals surface area contributed by atoms with Crippen LogP contribution in [0.5, 0.6) is 0 Å². The van der Waals surface area contributed by atoms with Crippen LogP contribution in [0, 0.1) is 20.8 Å². The predicted molar refractivity (Wildman–Crippen MR) is 154 cm³/mol. The number of benzene rings is 2. The number of nitrogens with zero attached hydrogens (tertiary/aromatic N) is 1. The van der Waals surface area contributed by atoms with Crippen LogP contribution in [-0.2, 0) is 14.3 Å². The van der Waals surface area contributed by atoms with Gasteiger partial charge in [-0.05, 0) is 101 Å². The van der Waals surface area contributed by atoms with Gasteiger partial charge in [-0.2, -0.15) is 11.8 Å². The Morgan fingerprint density at radius 2 is 1.61 bits per heavy atom. The molecule has 1 saturated carbocycles. The van der Waals surface area contributed by atoms with Crippen LogP contribution in [0.4, 0.5) is 10.5 Å². The first-order chi connectivity index (χ1) is 17.9. The summed E-state index contributed by atoms with van der Waals surface area (Å²) < 4.78 is 5.47. The molecule has 0 radical (unpaired) electrons. The van der Waals surface area contributed by atoms with E-state index in [9.17, 15) is 14.4 Å². The van der Waals surface area contributed by atoms with Crippen molar-refractivity contribution in [2.75, 3.05) is 17.3 Å². The monoisotopic (exact) mass is 539 g/mol. The lowest BCUT2D eigenvalue weighted by Crippen LogP contribution is -2.53. The lowest BCUT2D eigenvalue weighted by Gasteiger charge is -2.36. The molecule has 8 heteroatoms. The van der Waals surface area contributed by atoms with Crippen molar-refractivity contribution in [1.82, 2.24) is 10.2 Å². The molecule has 0 aliphatic heterocycles. The van der Waals surface area contributed by atoms with Crippen LogP contribution < -0.4 is 10.6 Å². The number of ether oxygens (including phenoxy) is 1. The minimum absolute atomic E-state index is 0.0775. The summed E-state index contributed by atoms with van der Waals surface area (Å²) in [6.07, 6.45) is 3.38. The van der Waals surface area contributed by atoms with Crippen LogP contribution in [0.2, 0.25) is 0 Å². The summed E-state index contributed by atoms with van der Waals surface area (Å²) in [7, 11) is 0. The van der Waals surface area contributed by atoms with Gasteiger partial charge in [0.1, 0.15) is 17.7 Å². The van der Waals surface area contributed by atoms with E-state index < -0.39 is 23.8 Å². The number of hydrogen-bond acceptors (Lipinski definition) is 5. The summed E-state index contributed by atoms with van der Waals surface area (Å²) in [6.45, 7) is 11.2. The standard InChI is InChI=1S/C30H41N3O4S/c1-19-11-8-9-14-23(19)31-27(34)26(25-20(2)12-10-13-21(25)3)33(22-15-16-22)28(35)24(17-18-38-7)32-29(36)37-30(4,5)6/h8-14,22,24,26H,15-18H2,1-7H3,(H,31,34)(H,32,36). The highest BCUT2D eigenvalue weighted by Crippen LogP contribution is 2.38. The number of para-hydroxylation sites is 1. The van der Waals surface area contributed by atoms with Crippen molar-refractivity contribution in [2.45, 2.75) is 84.5 Å².